The fraction of sp³-hybridized carbons (Fsp3) is 0.0196. The van der Waals surface area contributed by atoms with Gasteiger partial charge in [-0.1, -0.05) is 127 Å². The summed E-state index contributed by atoms with van der Waals surface area (Å²) in [4.78, 5) is 10.5. The third-order valence-corrected chi connectivity index (χ3v) is 11.3. The van der Waals surface area contributed by atoms with Gasteiger partial charge >= 0.3 is 0 Å². The number of nitrogens with one attached hydrogen (secondary N) is 1. The van der Waals surface area contributed by atoms with Gasteiger partial charge in [-0.15, -0.1) is 0 Å². The molecule has 0 fully saturated rings. The largest absolute Gasteiger partial charge is 0.456 e. The van der Waals surface area contributed by atoms with Gasteiger partial charge < -0.3 is 14.2 Å². The standard InChI is InChI=1S/C51H31N3O2/c1-2-11-30(12-3-1)49-52-50(54-51(53-49)42-27-35-15-6-7-16-36(35)37-17-8-9-18-38(37)42)40-19-10-20-45-48(40)43-26-33(22-24-44(43)55-45)34-21-23-39-41-25-31-13-4-5-14-32(31)28-47(41)56-46(39)29-34/h1-29,50H,(H,52,53,54). The Bertz CT molecular complexity index is 3460. The summed E-state index contributed by atoms with van der Waals surface area (Å²) in [6.45, 7) is 0. The van der Waals surface area contributed by atoms with Crippen molar-refractivity contribution in [3.8, 4) is 11.1 Å². The predicted octanol–water partition coefficient (Wildman–Crippen LogP) is 13.1. The highest BCUT2D eigenvalue weighted by molar-refractivity contribution is 6.22. The van der Waals surface area contributed by atoms with Crippen LogP contribution in [0.4, 0.5) is 0 Å². The van der Waals surface area contributed by atoms with Crippen molar-refractivity contribution in [2.45, 2.75) is 6.17 Å². The lowest BCUT2D eigenvalue weighted by Crippen LogP contribution is -2.33. The van der Waals surface area contributed by atoms with Crippen molar-refractivity contribution in [3.05, 3.63) is 193 Å². The number of nitrogens with zero attached hydrogens (tertiary/aromatic N) is 2. The molecule has 3 heterocycles. The number of hydrogen-bond donors (Lipinski definition) is 1. The van der Waals surface area contributed by atoms with E-state index in [1.165, 1.54) is 21.5 Å². The normalized spacial score (nSPS) is 14.6. The molecule has 1 atom stereocenters. The topological polar surface area (TPSA) is 63.0 Å². The first-order chi connectivity index (χ1) is 27.7. The highest BCUT2D eigenvalue weighted by Crippen LogP contribution is 2.40. The van der Waals surface area contributed by atoms with Gasteiger partial charge in [0, 0.05) is 38.2 Å². The Kier molecular flexibility index (Phi) is 6.63. The molecule has 0 saturated carbocycles. The van der Waals surface area contributed by atoms with E-state index in [9.17, 15) is 0 Å². The van der Waals surface area contributed by atoms with Crippen LogP contribution in [0.15, 0.2) is 195 Å². The predicted molar refractivity (Wildman–Crippen MR) is 231 cm³/mol. The van der Waals surface area contributed by atoms with Gasteiger partial charge in [0.05, 0.1) is 0 Å². The summed E-state index contributed by atoms with van der Waals surface area (Å²) in [6.07, 6.45) is -0.432. The molecule has 11 aromatic rings. The molecule has 0 saturated heterocycles. The molecule has 262 valence electrons. The Hall–Kier alpha value is -7.50. The van der Waals surface area contributed by atoms with Crippen LogP contribution in [0.5, 0.6) is 0 Å². The molecule has 1 unspecified atom stereocenters. The second-order valence-electron chi connectivity index (χ2n) is 14.6. The van der Waals surface area contributed by atoms with Crippen molar-refractivity contribution in [2.75, 3.05) is 0 Å². The molecule has 1 aliphatic heterocycles. The van der Waals surface area contributed by atoms with E-state index in [0.717, 1.165) is 88.3 Å². The molecule has 0 amide bonds. The summed E-state index contributed by atoms with van der Waals surface area (Å²) < 4.78 is 13.0. The molecule has 5 heteroatoms. The van der Waals surface area contributed by atoms with Gasteiger partial charge in [-0.3, -0.25) is 0 Å². The Morgan fingerprint density at radius 3 is 1.98 bits per heavy atom. The summed E-state index contributed by atoms with van der Waals surface area (Å²) in [5.41, 5.74) is 8.57. The van der Waals surface area contributed by atoms with Crippen LogP contribution in [0.3, 0.4) is 0 Å². The number of furan rings is 2. The lowest BCUT2D eigenvalue weighted by atomic mass is 9.95. The molecule has 1 aliphatic rings. The monoisotopic (exact) mass is 717 g/mol. The summed E-state index contributed by atoms with van der Waals surface area (Å²) in [5, 5.41) is 15.2. The van der Waals surface area contributed by atoms with Gasteiger partial charge in [0.15, 0.2) is 5.84 Å². The molecule has 0 radical (unpaired) electrons. The fourth-order valence-corrected chi connectivity index (χ4v) is 8.62. The summed E-state index contributed by atoms with van der Waals surface area (Å²) >= 11 is 0. The second-order valence-corrected chi connectivity index (χ2v) is 14.6. The maximum Gasteiger partial charge on any atom is 0.159 e. The zero-order valence-corrected chi connectivity index (χ0v) is 30.0. The third-order valence-electron chi connectivity index (χ3n) is 11.3. The lowest BCUT2D eigenvalue weighted by molar-refractivity contribution is 0.662. The maximum atomic E-state index is 6.53. The summed E-state index contributed by atoms with van der Waals surface area (Å²) in [5.74, 6) is 1.46. The van der Waals surface area contributed by atoms with Crippen molar-refractivity contribution < 1.29 is 8.83 Å². The first kappa shape index (κ1) is 30.9. The number of benzene rings is 9. The van der Waals surface area contributed by atoms with Crippen LogP contribution >= 0.6 is 0 Å². The van der Waals surface area contributed by atoms with Crippen LogP contribution in [0.2, 0.25) is 0 Å². The molecule has 1 N–H and O–H groups in total. The van der Waals surface area contributed by atoms with E-state index in [-0.39, 0.29) is 0 Å². The minimum absolute atomic E-state index is 0.432. The minimum atomic E-state index is -0.432. The number of hydrogen-bond acceptors (Lipinski definition) is 5. The Labute approximate surface area is 320 Å². The number of amidine groups is 2. The number of aliphatic imine (C=N–C) groups is 2. The van der Waals surface area contributed by atoms with E-state index in [0.29, 0.717) is 5.84 Å². The molecular formula is C51H31N3O2. The van der Waals surface area contributed by atoms with E-state index < -0.39 is 6.17 Å². The molecule has 12 rings (SSSR count). The molecule has 9 aromatic carbocycles. The maximum absolute atomic E-state index is 6.53. The molecule has 5 nitrogen and oxygen atoms in total. The number of fused-ring (bicyclic) bond motifs is 10. The van der Waals surface area contributed by atoms with Gasteiger partial charge in [-0.25, -0.2) is 9.98 Å². The van der Waals surface area contributed by atoms with E-state index in [1.807, 2.05) is 24.3 Å². The van der Waals surface area contributed by atoms with Crippen LogP contribution < -0.4 is 5.32 Å². The molecule has 2 aromatic heterocycles. The van der Waals surface area contributed by atoms with Crippen LogP contribution in [0.25, 0.3) is 87.3 Å². The molecule has 0 aliphatic carbocycles. The summed E-state index contributed by atoms with van der Waals surface area (Å²) in [7, 11) is 0. The zero-order chi connectivity index (χ0) is 36.7. The zero-order valence-electron chi connectivity index (χ0n) is 30.0. The lowest BCUT2D eigenvalue weighted by Gasteiger charge is -2.25. The van der Waals surface area contributed by atoms with E-state index in [2.05, 4.69) is 157 Å². The Morgan fingerprint density at radius 1 is 0.411 bits per heavy atom. The molecular weight excluding hydrogens is 687 g/mol. The Balaban J connectivity index is 1.01. The van der Waals surface area contributed by atoms with Crippen LogP contribution in [-0.2, 0) is 0 Å². The van der Waals surface area contributed by atoms with Crippen molar-refractivity contribution in [2.24, 2.45) is 9.98 Å². The molecule has 0 spiro atoms. The third kappa shape index (κ3) is 4.81. The number of rotatable bonds is 4. The summed E-state index contributed by atoms with van der Waals surface area (Å²) in [6, 6.07) is 61.6. The average molecular weight is 718 g/mol. The Morgan fingerprint density at radius 2 is 1.11 bits per heavy atom. The van der Waals surface area contributed by atoms with Gasteiger partial charge in [0.25, 0.3) is 0 Å². The van der Waals surface area contributed by atoms with Gasteiger partial charge in [0.1, 0.15) is 34.3 Å². The quantitative estimate of drug-likeness (QED) is 0.184. The molecule has 56 heavy (non-hydrogen) atoms. The van der Waals surface area contributed by atoms with Crippen LogP contribution in [0, 0.1) is 0 Å². The van der Waals surface area contributed by atoms with Crippen molar-refractivity contribution in [1.29, 1.82) is 0 Å². The van der Waals surface area contributed by atoms with Crippen molar-refractivity contribution >= 4 is 87.9 Å². The first-order valence-electron chi connectivity index (χ1n) is 18.9. The molecule has 0 bridgehead atoms. The van der Waals surface area contributed by atoms with Crippen LogP contribution in [0.1, 0.15) is 22.9 Å². The second kappa shape index (κ2) is 12.0. The smallest absolute Gasteiger partial charge is 0.159 e. The average Bonchev–Trinajstić information content (AvgIpc) is 3.82. The van der Waals surface area contributed by atoms with Gasteiger partial charge in [-0.2, -0.15) is 0 Å². The SMILES string of the molecule is c1ccc(C2=NC(c3cccc4oc5ccc(-c6ccc7c(c6)oc6cc8ccccc8cc67)cc5c34)NC(c3cc4ccccc4c4ccccc34)=N2)cc1. The minimum Gasteiger partial charge on any atom is -0.456 e. The highest BCUT2D eigenvalue weighted by Gasteiger charge is 2.26. The van der Waals surface area contributed by atoms with Gasteiger partial charge in [0.2, 0.25) is 0 Å². The fourth-order valence-electron chi connectivity index (χ4n) is 8.62. The van der Waals surface area contributed by atoms with E-state index in [4.69, 9.17) is 18.8 Å². The van der Waals surface area contributed by atoms with Crippen molar-refractivity contribution in [3.63, 3.8) is 0 Å². The van der Waals surface area contributed by atoms with E-state index >= 15 is 0 Å². The first-order valence-corrected chi connectivity index (χ1v) is 18.9. The van der Waals surface area contributed by atoms with E-state index in [1.54, 1.807) is 0 Å². The highest BCUT2D eigenvalue weighted by atomic mass is 16.3. The van der Waals surface area contributed by atoms with Crippen LogP contribution in [-0.4, -0.2) is 11.7 Å². The van der Waals surface area contributed by atoms with Gasteiger partial charge in [-0.05, 0) is 92.0 Å². The van der Waals surface area contributed by atoms with Crippen molar-refractivity contribution in [1.82, 2.24) is 5.32 Å².